The molecule has 0 aromatic rings. The molecule has 0 saturated carbocycles. The number of nitrogens with zero attached hydrogens (tertiary/aromatic N) is 1. The number of phosphoric acid groups is 1. The van der Waals surface area contributed by atoms with Gasteiger partial charge in [0.05, 0.1) is 39.9 Å². The number of carbonyl (C=O) groups is 1. The Morgan fingerprint density at radius 3 is 1.24 bits per heavy atom. The molecule has 0 aliphatic rings. The number of rotatable bonds is 54. The number of allylic oxidation sites excluding steroid dienone is 9. The maximum atomic E-state index is 12.9. The molecule has 3 unspecified atom stereocenters. The van der Waals surface area contributed by atoms with Crippen LogP contribution in [0.4, 0.5) is 0 Å². The number of likely N-dealkylation sites (N-methyl/N-ethyl adjacent to an activating group) is 1. The summed E-state index contributed by atoms with van der Waals surface area (Å²) in [5, 5.41) is 13.9. The zero-order valence-electron chi connectivity index (χ0n) is 46.8. The Bertz CT molecular complexity index is 1320. The van der Waals surface area contributed by atoms with Crippen molar-refractivity contribution in [2.24, 2.45) is 0 Å². The molecule has 0 saturated heterocycles. The van der Waals surface area contributed by atoms with Gasteiger partial charge in [0.25, 0.3) is 0 Å². The van der Waals surface area contributed by atoms with Crippen molar-refractivity contribution in [1.82, 2.24) is 5.32 Å². The third-order valence-electron chi connectivity index (χ3n) is 13.2. The number of quaternary nitrogens is 1. The second-order valence-electron chi connectivity index (χ2n) is 21.3. The lowest BCUT2D eigenvalue weighted by atomic mass is 10.0. The van der Waals surface area contributed by atoms with Crippen molar-refractivity contribution in [2.45, 2.75) is 283 Å². The van der Waals surface area contributed by atoms with Crippen molar-refractivity contribution in [3.63, 3.8) is 0 Å². The van der Waals surface area contributed by atoms with Gasteiger partial charge >= 0.3 is 7.82 Å². The molecule has 8 nitrogen and oxygen atoms in total. The highest BCUT2D eigenvalue weighted by Gasteiger charge is 2.27. The Labute approximate surface area is 434 Å². The smallest absolute Gasteiger partial charge is 0.387 e. The molecule has 410 valence electrons. The summed E-state index contributed by atoms with van der Waals surface area (Å²) in [6.07, 6.45) is 70.6. The summed E-state index contributed by atoms with van der Waals surface area (Å²) in [7, 11) is 1.53. The predicted molar refractivity (Wildman–Crippen MR) is 304 cm³/mol. The summed E-state index contributed by atoms with van der Waals surface area (Å²) in [6.45, 7) is 4.77. The molecule has 0 aliphatic carbocycles. The lowest BCUT2D eigenvalue weighted by Crippen LogP contribution is -2.45. The SMILES string of the molecule is CCCCCC/C=C\C/C=C\CCCCCCCC(=O)NC(COP(=O)(O)OCC[N+](C)(C)C)C(O)/C=C/CC/C=C/CC/C=C/CCCCCCCCCCCCCCCCCCCCCCCC. The van der Waals surface area contributed by atoms with E-state index in [0.29, 0.717) is 17.4 Å². The van der Waals surface area contributed by atoms with E-state index in [2.05, 4.69) is 67.8 Å². The van der Waals surface area contributed by atoms with Crippen LogP contribution in [0.3, 0.4) is 0 Å². The Balaban J connectivity index is 4.20. The normalized spacial score (nSPS) is 14.3. The molecule has 0 aromatic heterocycles. The maximum Gasteiger partial charge on any atom is 0.472 e. The van der Waals surface area contributed by atoms with Gasteiger partial charge < -0.3 is 19.8 Å². The van der Waals surface area contributed by atoms with E-state index in [1.807, 2.05) is 27.2 Å². The Kier molecular flexibility index (Phi) is 50.7. The van der Waals surface area contributed by atoms with Crippen molar-refractivity contribution in [2.75, 3.05) is 40.9 Å². The van der Waals surface area contributed by atoms with Crippen molar-refractivity contribution in [3.05, 3.63) is 60.8 Å². The fraction of sp³-hybridized carbons (Fsp3) is 0.820. The largest absolute Gasteiger partial charge is 0.472 e. The summed E-state index contributed by atoms with van der Waals surface area (Å²) >= 11 is 0. The number of aliphatic hydroxyl groups excluding tert-OH is 1. The third-order valence-corrected chi connectivity index (χ3v) is 14.2. The van der Waals surface area contributed by atoms with Crippen LogP contribution in [0.2, 0.25) is 0 Å². The summed E-state index contributed by atoms with van der Waals surface area (Å²) in [5.74, 6) is -0.204. The fourth-order valence-corrected chi connectivity index (χ4v) is 9.25. The van der Waals surface area contributed by atoms with E-state index in [1.54, 1.807) is 6.08 Å². The molecule has 9 heteroatoms. The summed E-state index contributed by atoms with van der Waals surface area (Å²) < 4.78 is 23.7. The van der Waals surface area contributed by atoms with E-state index in [1.165, 1.54) is 180 Å². The third kappa shape index (κ3) is 54.0. The quantitative estimate of drug-likeness (QED) is 0.0243. The van der Waals surface area contributed by atoms with Gasteiger partial charge in [0.15, 0.2) is 0 Å². The predicted octanol–water partition coefficient (Wildman–Crippen LogP) is 18.1. The van der Waals surface area contributed by atoms with Crippen molar-refractivity contribution >= 4 is 13.7 Å². The summed E-state index contributed by atoms with van der Waals surface area (Å²) in [5.41, 5.74) is 0. The molecular weight excluding hydrogens is 888 g/mol. The second kappa shape index (κ2) is 52.1. The van der Waals surface area contributed by atoms with Crippen molar-refractivity contribution in [3.8, 4) is 0 Å². The highest BCUT2D eigenvalue weighted by Crippen LogP contribution is 2.43. The monoisotopic (exact) mass is 1000 g/mol. The minimum absolute atomic E-state index is 0.0488. The zero-order valence-corrected chi connectivity index (χ0v) is 47.7. The lowest BCUT2D eigenvalue weighted by molar-refractivity contribution is -0.870. The number of hydrogen-bond donors (Lipinski definition) is 3. The first kappa shape index (κ1) is 68.2. The van der Waals surface area contributed by atoms with Crippen LogP contribution in [0.15, 0.2) is 60.8 Å². The van der Waals surface area contributed by atoms with Crippen LogP contribution < -0.4 is 5.32 Å². The number of amides is 1. The number of unbranched alkanes of at least 4 members (excludes halogenated alkanes) is 33. The number of phosphoric ester groups is 1. The highest BCUT2D eigenvalue weighted by molar-refractivity contribution is 7.47. The fourth-order valence-electron chi connectivity index (χ4n) is 8.52. The maximum absolute atomic E-state index is 12.9. The van der Waals surface area contributed by atoms with Gasteiger partial charge in [0.2, 0.25) is 5.91 Å². The van der Waals surface area contributed by atoms with Crippen molar-refractivity contribution in [1.29, 1.82) is 0 Å². The molecule has 0 fully saturated rings. The topological polar surface area (TPSA) is 105 Å². The van der Waals surface area contributed by atoms with Crippen LogP contribution >= 0.6 is 7.82 Å². The molecule has 1 amide bonds. The van der Waals surface area contributed by atoms with Gasteiger partial charge in [-0.1, -0.05) is 248 Å². The van der Waals surface area contributed by atoms with Gasteiger partial charge in [0, 0.05) is 6.42 Å². The van der Waals surface area contributed by atoms with E-state index in [-0.39, 0.29) is 19.1 Å². The first-order valence-corrected chi connectivity index (χ1v) is 31.2. The number of hydrogen-bond acceptors (Lipinski definition) is 5. The van der Waals surface area contributed by atoms with Gasteiger partial charge in [-0.15, -0.1) is 0 Å². The van der Waals surface area contributed by atoms with Crippen LogP contribution in [-0.2, 0) is 18.4 Å². The highest BCUT2D eigenvalue weighted by atomic mass is 31.2. The van der Waals surface area contributed by atoms with Gasteiger partial charge in [-0.2, -0.15) is 0 Å². The number of carbonyl (C=O) groups excluding carboxylic acids is 1. The molecule has 3 atom stereocenters. The van der Waals surface area contributed by atoms with Crippen LogP contribution in [0.25, 0.3) is 0 Å². The van der Waals surface area contributed by atoms with Crippen LogP contribution in [0.1, 0.15) is 271 Å². The van der Waals surface area contributed by atoms with Gasteiger partial charge in [-0.25, -0.2) is 4.57 Å². The average Bonchev–Trinajstić information content (AvgIpc) is 3.32. The molecule has 0 bridgehead atoms. The van der Waals surface area contributed by atoms with Gasteiger partial charge in [-0.05, 0) is 77.0 Å². The molecule has 0 aromatic carbocycles. The van der Waals surface area contributed by atoms with Gasteiger partial charge in [-0.3, -0.25) is 13.8 Å². The molecule has 0 heterocycles. The zero-order chi connectivity index (χ0) is 51.3. The summed E-state index contributed by atoms with van der Waals surface area (Å²) in [6, 6.07) is -0.880. The Morgan fingerprint density at radius 2 is 0.829 bits per heavy atom. The molecule has 0 aliphatic heterocycles. The van der Waals surface area contributed by atoms with Crippen LogP contribution in [0, 0.1) is 0 Å². The molecule has 0 rings (SSSR count). The number of aliphatic hydroxyl groups is 1. The average molecular weight is 1000 g/mol. The van der Waals surface area contributed by atoms with Crippen LogP contribution in [0.5, 0.6) is 0 Å². The minimum Gasteiger partial charge on any atom is -0.387 e. The molecule has 0 spiro atoms. The van der Waals surface area contributed by atoms with Gasteiger partial charge in [0.1, 0.15) is 13.2 Å². The molecule has 0 radical (unpaired) electrons. The first-order valence-electron chi connectivity index (χ1n) is 29.7. The minimum atomic E-state index is -4.36. The van der Waals surface area contributed by atoms with E-state index in [0.717, 1.165) is 70.6 Å². The molecular formula is C61H116N2O6P+. The van der Waals surface area contributed by atoms with E-state index < -0.39 is 20.0 Å². The summed E-state index contributed by atoms with van der Waals surface area (Å²) in [4.78, 5) is 23.2. The van der Waals surface area contributed by atoms with E-state index >= 15 is 0 Å². The Hall–Kier alpha value is -1.80. The standard InChI is InChI=1S/C61H115N2O6P/c1-6-8-10-12-14-16-18-20-22-24-25-26-27-28-29-30-31-32-33-34-35-36-37-38-39-40-42-44-46-48-50-52-54-60(64)59(58-69-70(66,67)68-57-56-63(3,4)5)62-61(65)55-53-51-49-47-45-43-41-23-21-19-17-15-13-11-9-7-2/h17,19,23,38-39,41,44,46,52,54,59-60,64H,6-16,18,20-22,24-37,40,42-43,45,47-51,53,55-58H2,1-5H3,(H-,62,65,66,67)/p+1/b19-17-,39-38+,41-23-,46-44+,54-52+. The number of nitrogens with one attached hydrogen (secondary N) is 1. The van der Waals surface area contributed by atoms with Crippen molar-refractivity contribution < 1.29 is 32.9 Å². The molecule has 3 N–H and O–H groups in total. The van der Waals surface area contributed by atoms with Crippen LogP contribution in [-0.4, -0.2) is 73.4 Å². The van der Waals surface area contributed by atoms with E-state index in [9.17, 15) is 19.4 Å². The lowest BCUT2D eigenvalue weighted by Gasteiger charge is -2.25. The molecule has 70 heavy (non-hydrogen) atoms. The first-order chi connectivity index (χ1) is 34.0. The Morgan fingerprint density at radius 1 is 0.486 bits per heavy atom. The van der Waals surface area contributed by atoms with E-state index in [4.69, 9.17) is 9.05 Å². The second-order valence-corrected chi connectivity index (χ2v) is 22.8.